The number of hydrogen-bond donors (Lipinski definition) is 1. The molecule has 0 aliphatic heterocycles. The number of hydrogen-bond acceptors (Lipinski definition) is 2. The molecule has 86 valence electrons. The zero-order valence-electron chi connectivity index (χ0n) is 9.68. The molecule has 4 rings (SSSR count). The van der Waals surface area contributed by atoms with Gasteiger partial charge in [-0.2, -0.15) is 0 Å². The highest BCUT2D eigenvalue weighted by Gasteiger charge is 2.67. The molecule has 0 bridgehead atoms. The summed E-state index contributed by atoms with van der Waals surface area (Å²) in [7, 11) is 1.81. The molecule has 0 unspecified atom stereocenters. The van der Waals surface area contributed by atoms with E-state index in [1.807, 2.05) is 6.20 Å². The van der Waals surface area contributed by atoms with E-state index < -0.39 is 0 Å². The summed E-state index contributed by atoms with van der Waals surface area (Å²) in [5.41, 5.74) is 4.13. The van der Waals surface area contributed by atoms with Crippen LogP contribution in [0.5, 0.6) is 0 Å². The predicted molar refractivity (Wildman–Crippen MR) is 63.8 cm³/mol. The van der Waals surface area contributed by atoms with Crippen LogP contribution in [0.4, 0.5) is 0 Å². The summed E-state index contributed by atoms with van der Waals surface area (Å²) in [5, 5.41) is 0. The predicted octanol–water partition coefficient (Wildman–Crippen LogP) is 2.54. The molecule has 0 amide bonds. The number of benzene rings is 1. The van der Waals surface area contributed by atoms with Crippen molar-refractivity contribution in [1.29, 1.82) is 0 Å². The third-order valence-electron chi connectivity index (χ3n) is 4.36. The summed E-state index contributed by atoms with van der Waals surface area (Å²) in [6.07, 6.45) is 5.04. The normalized spacial score (nSPS) is 33.2. The van der Waals surface area contributed by atoms with E-state index in [4.69, 9.17) is 4.74 Å². The van der Waals surface area contributed by atoms with E-state index in [2.05, 4.69) is 34.2 Å². The van der Waals surface area contributed by atoms with Crippen molar-refractivity contribution in [2.24, 2.45) is 0 Å². The molecule has 17 heavy (non-hydrogen) atoms. The maximum atomic E-state index is 5.77. The molecule has 2 aliphatic carbocycles. The number of imidazole rings is 1. The second-order valence-corrected chi connectivity index (χ2v) is 5.01. The summed E-state index contributed by atoms with van der Waals surface area (Å²) in [4.78, 5) is 7.43. The third kappa shape index (κ3) is 0.984. The van der Waals surface area contributed by atoms with Crippen LogP contribution in [0.25, 0.3) is 0 Å². The fraction of sp³-hybridized carbons (Fsp3) is 0.357. The van der Waals surface area contributed by atoms with E-state index in [1.165, 1.54) is 23.2 Å². The average molecular weight is 226 g/mol. The summed E-state index contributed by atoms with van der Waals surface area (Å²) in [5.74, 6) is 0.601. The second-order valence-electron chi connectivity index (χ2n) is 5.01. The van der Waals surface area contributed by atoms with E-state index in [9.17, 15) is 0 Å². The lowest BCUT2D eigenvalue weighted by Crippen LogP contribution is -2.18. The Kier molecular flexibility index (Phi) is 1.66. The molecule has 0 saturated heterocycles. The van der Waals surface area contributed by atoms with Crippen LogP contribution in [0, 0.1) is 0 Å². The molecule has 3 atom stereocenters. The van der Waals surface area contributed by atoms with Gasteiger partial charge in [-0.15, -0.1) is 0 Å². The van der Waals surface area contributed by atoms with Gasteiger partial charge in [0.25, 0.3) is 0 Å². The van der Waals surface area contributed by atoms with Gasteiger partial charge in [-0.05, 0) is 23.5 Å². The third-order valence-corrected chi connectivity index (χ3v) is 4.36. The fourth-order valence-electron chi connectivity index (χ4n) is 3.59. The zero-order chi connectivity index (χ0) is 11.5. The van der Waals surface area contributed by atoms with Crippen molar-refractivity contribution >= 4 is 0 Å². The van der Waals surface area contributed by atoms with E-state index in [-0.39, 0.29) is 11.5 Å². The highest BCUT2D eigenvalue weighted by molar-refractivity contribution is 5.54. The quantitative estimate of drug-likeness (QED) is 0.854. The van der Waals surface area contributed by atoms with Crippen molar-refractivity contribution in [3.8, 4) is 0 Å². The van der Waals surface area contributed by atoms with Gasteiger partial charge in [-0.1, -0.05) is 24.3 Å². The first kappa shape index (κ1) is 9.42. The minimum absolute atomic E-state index is 0.120. The Morgan fingerprint density at radius 1 is 1.35 bits per heavy atom. The van der Waals surface area contributed by atoms with Gasteiger partial charge in [-0.3, -0.25) is 0 Å². The van der Waals surface area contributed by atoms with Gasteiger partial charge in [0.1, 0.15) is 0 Å². The minimum Gasteiger partial charge on any atom is -0.376 e. The largest absolute Gasteiger partial charge is 0.376 e. The zero-order valence-corrected chi connectivity index (χ0v) is 9.68. The smallest absolute Gasteiger partial charge is 0.0941 e. The fourth-order valence-corrected chi connectivity index (χ4v) is 3.59. The molecule has 0 spiro atoms. The van der Waals surface area contributed by atoms with Crippen LogP contribution in [-0.4, -0.2) is 17.1 Å². The number of nitrogens with zero attached hydrogens (tertiary/aromatic N) is 1. The van der Waals surface area contributed by atoms with Gasteiger partial charge < -0.3 is 9.72 Å². The number of H-pyrrole nitrogens is 1. The van der Waals surface area contributed by atoms with Gasteiger partial charge in [0.05, 0.1) is 12.4 Å². The molecule has 1 saturated carbocycles. The van der Waals surface area contributed by atoms with Crippen LogP contribution >= 0.6 is 0 Å². The first-order valence-electron chi connectivity index (χ1n) is 5.98. The Bertz CT molecular complexity index is 563. The van der Waals surface area contributed by atoms with E-state index in [0.29, 0.717) is 5.92 Å². The van der Waals surface area contributed by atoms with Crippen LogP contribution in [0.1, 0.15) is 35.3 Å². The molecular weight excluding hydrogens is 212 g/mol. The Morgan fingerprint density at radius 2 is 2.18 bits per heavy atom. The van der Waals surface area contributed by atoms with E-state index in [0.717, 1.165) is 0 Å². The number of aromatic amines is 1. The first-order valence-corrected chi connectivity index (χ1v) is 5.98. The monoisotopic (exact) mass is 226 g/mol. The van der Waals surface area contributed by atoms with Gasteiger partial charge in [0.2, 0.25) is 0 Å². The van der Waals surface area contributed by atoms with Gasteiger partial charge in [0, 0.05) is 24.4 Å². The summed E-state index contributed by atoms with van der Waals surface area (Å²) < 4.78 is 5.77. The maximum Gasteiger partial charge on any atom is 0.0941 e. The van der Waals surface area contributed by atoms with Crippen LogP contribution in [0.15, 0.2) is 36.8 Å². The first-order chi connectivity index (χ1) is 8.38. The summed E-state index contributed by atoms with van der Waals surface area (Å²) in [6, 6.07) is 8.63. The molecule has 1 fully saturated rings. The van der Waals surface area contributed by atoms with Crippen molar-refractivity contribution in [1.82, 2.24) is 9.97 Å². The minimum atomic E-state index is 0.120. The van der Waals surface area contributed by atoms with Crippen LogP contribution in [0.3, 0.4) is 0 Å². The van der Waals surface area contributed by atoms with Gasteiger partial charge >= 0.3 is 0 Å². The molecule has 3 nitrogen and oxygen atoms in total. The van der Waals surface area contributed by atoms with Crippen molar-refractivity contribution in [2.45, 2.75) is 23.9 Å². The molecular formula is C14H14N2O. The SMILES string of the molecule is CO[C@H]1c2ccccc2[C@H]2C[C@]21c1cnc[nH]1. The Balaban J connectivity index is 1.89. The molecule has 3 heteroatoms. The lowest BCUT2D eigenvalue weighted by Gasteiger charge is -2.21. The molecule has 1 aromatic heterocycles. The Morgan fingerprint density at radius 3 is 2.88 bits per heavy atom. The molecule has 0 radical (unpaired) electrons. The molecule has 1 N–H and O–H groups in total. The highest BCUT2D eigenvalue weighted by atomic mass is 16.5. The molecule has 1 aromatic carbocycles. The number of nitrogens with one attached hydrogen (secondary N) is 1. The number of rotatable bonds is 2. The van der Waals surface area contributed by atoms with E-state index in [1.54, 1.807) is 13.4 Å². The van der Waals surface area contributed by atoms with E-state index >= 15 is 0 Å². The molecule has 2 aliphatic rings. The van der Waals surface area contributed by atoms with Crippen LogP contribution in [-0.2, 0) is 10.2 Å². The van der Waals surface area contributed by atoms with Crippen molar-refractivity contribution < 1.29 is 4.74 Å². The average Bonchev–Trinajstić information content (AvgIpc) is 2.78. The Hall–Kier alpha value is -1.61. The number of ether oxygens (including phenoxy) is 1. The Labute approximate surface area is 99.8 Å². The van der Waals surface area contributed by atoms with Crippen LogP contribution < -0.4 is 0 Å². The summed E-state index contributed by atoms with van der Waals surface area (Å²) in [6.45, 7) is 0. The van der Waals surface area contributed by atoms with Crippen molar-refractivity contribution in [3.05, 3.63) is 53.6 Å². The van der Waals surface area contributed by atoms with Crippen LogP contribution in [0.2, 0.25) is 0 Å². The van der Waals surface area contributed by atoms with Crippen molar-refractivity contribution in [3.63, 3.8) is 0 Å². The van der Waals surface area contributed by atoms with Crippen molar-refractivity contribution in [2.75, 3.05) is 7.11 Å². The lowest BCUT2D eigenvalue weighted by atomic mass is 9.94. The topological polar surface area (TPSA) is 37.9 Å². The molecule has 2 aromatic rings. The van der Waals surface area contributed by atoms with Gasteiger partial charge in [0.15, 0.2) is 0 Å². The maximum absolute atomic E-state index is 5.77. The highest BCUT2D eigenvalue weighted by Crippen LogP contribution is 2.72. The number of fused-ring (bicyclic) bond motifs is 3. The second kappa shape index (κ2) is 2.99. The summed E-state index contributed by atoms with van der Waals surface area (Å²) >= 11 is 0. The van der Waals surface area contributed by atoms with Gasteiger partial charge in [-0.25, -0.2) is 4.98 Å². The number of methoxy groups -OCH3 is 1. The standard InChI is InChI=1S/C14H14N2O/c1-17-13-10-5-3-2-4-9(10)11-6-14(11,13)12-7-15-8-16-12/h2-5,7-8,11,13H,6H2,1H3,(H,15,16)/t11-,13+,14-/m1/s1. The molecule has 1 heterocycles. The number of aromatic nitrogens is 2. The lowest BCUT2D eigenvalue weighted by molar-refractivity contribution is 0.0731.